The number of hydrogen-bond donors (Lipinski definition) is 2. The van der Waals surface area contributed by atoms with Crippen molar-refractivity contribution in [2.24, 2.45) is 0 Å². The predicted octanol–water partition coefficient (Wildman–Crippen LogP) is 3.49. The molecule has 0 unspecified atom stereocenters. The summed E-state index contributed by atoms with van der Waals surface area (Å²) in [5.41, 5.74) is 8.24. The lowest BCUT2D eigenvalue weighted by Crippen LogP contribution is -2.14. The molecule has 1 amide bonds. The van der Waals surface area contributed by atoms with Crippen molar-refractivity contribution >= 4 is 28.9 Å². The molecule has 0 aliphatic carbocycles. The number of nitrogens with one attached hydrogen (secondary N) is 1. The zero-order valence-corrected chi connectivity index (χ0v) is 12.0. The van der Waals surface area contributed by atoms with Gasteiger partial charge in [0, 0.05) is 22.5 Å². The van der Waals surface area contributed by atoms with Crippen LogP contribution >= 0.6 is 11.6 Å². The number of rotatable bonds is 3. The van der Waals surface area contributed by atoms with E-state index in [0.29, 0.717) is 27.7 Å². The fourth-order valence-electron chi connectivity index (χ4n) is 1.85. The van der Waals surface area contributed by atoms with E-state index >= 15 is 0 Å². The van der Waals surface area contributed by atoms with Crippen LogP contribution in [-0.4, -0.2) is 13.0 Å². The standard InChI is InChI=1S/C15H15ClN2O2/c1-9-7-10(16)3-6-13(9)18-15(19)12-5-4-11(17)8-14(12)20-2/h3-8H,17H2,1-2H3,(H,18,19). The third kappa shape index (κ3) is 3.03. The SMILES string of the molecule is COc1cc(N)ccc1C(=O)Nc1ccc(Cl)cc1C. The van der Waals surface area contributed by atoms with E-state index in [9.17, 15) is 4.79 Å². The van der Waals surface area contributed by atoms with Gasteiger partial charge in [-0.15, -0.1) is 0 Å². The number of hydrogen-bond acceptors (Lipinski definition) is 3. The maximum absolute atomic E-state index is 12.3. The minimum atomic E-state index is -0.257. The first-order valence-corrected chi connectivity index (χ1v) is 6.40. The molecule has 2 rings (SSSR count). The monoisotopic (exact) mass is 290 g/mol. The minimum Gasteiger partial charge on any atom is -0.496 e. The molecule has 3 N–H and O–H groups in total. The van der Waals surface area contributed by atoms with Crippen molar-refractivity contribution < 1.29 is 9.53 Å². The largest absolute Gasteiger partial charge is 0.496 e. The van der Waals surface area contributed by atoms with Gasteiger partial charge in [0.15, 0.2) is 0 Å². The number of amides is 1. The third-order valence-electron chi connectivity index (χ3n) is 2.91. The average molecular weight is 291 g/mol. The van der Waals surface area contributed by atoms with Crippen LogP contribution in [0.2, 0.25) is 5.02 Å². The number of aryl methyl sites for hydroxylation is 1. The summed E-state index contributed by atoms with van der Waals surface area (Å²) < 4.78 is 5.17. The van der Waals surface area contributed by atoms with Gasteiger partial charge >= 0.3 is 0 Å². The van der Waals surface area contributed by atoms with E-state index in [1.54, 1.807) is 36.4 Å². The van der Waals surface area contributed by atoms with Crippen molar-refractivity contribution in [3.63, 3.8) is 0 Å². The maximum Gasteiger partial charge on any atom is 0.259 e. The Hall–Kier alpha value is -2.20. The molecule has 104 valence electrons. The smallest absolute Gasteiger partial charge is 0.259 e. The van der Waals surface area contributed by atoms with Crippen LogP contribution in [-0.2, 0) is 0 Å². The molecule has 0 aromatic heterocycles. The van der Waals surface area contributed by atoms with E-state index in [1.165, 1.54) is 7.11 Å². The molecule has 0 saturated heterocycles. The quantitative estimate of drug-likeness (QED) is 0.851. The summed E-state index contributed by atoms with van der Waals surface area (Å²) in [6, 6.07) is 10.2. The van der Waals surface area contributed by atoms with Gasteiger partial charge in [0.25, 0.3) is 5.91 Å². The first-order chi connectivity index (χ1) is 9.51. The summed E-state index contributed by atoms with van der Waals surface area (Å²) in [7, 11) is 1.50. The van der Waals surface area contributed by atoms with Gasteiger partial charge in [0.05, 0.1) is 12.7 Å². The Morgan fingerprint density at radius 3 is 2.65 bits per heavy atom. The van der Waals surface area contributed by atoms with Gasteiger partial charge < -0.3 is 15.8 Å². The van der Waals surface area contributed by atoms with Crippen molar-refractivity contribution in [3.05, 3.63) is 52.5 Å². The van der Waals surface area contributed by atoms with E-state index in [2.05, 4.69) is 5.32 Å². The van der Waals surface area contributed by atoms with Crippen molar-refractivity contribution in [3.8, 4) is 5.75 Å². The number of methoxy groups -OCH3 is 1. The molecule has 2 aromatic carbocycles. The van der Waals surface area contributed by atoms with Crippen LogP contribution in [0.4, 0.5) is 11.4 Å². The average Bonchev–Trinajstić information content (AvgIpc) is 2.41. The number of benzene rings is 2. The summed E-state index contributed by atoms with van der Waals surface area (Å²) in [4.78, 5) is 12.3. The number of halogens is 1. The zero-order valence-electron chi connectivity index (χ0n) is 11.2. The van der Waals surface area contributed by atoms with Crippen LogP contribution in [0.15, 0.2) is 36.4 Å². The second kappa shape index (κ2) is 5.84. The molecule has 0 spiro atoms. The lowest BCUT2D eigenvalue weighted by molar-refractivity contribution is 0.102. The third-order valence-corrected chi connectivity index (χ3v) is 3.14. The van der Waals surface area contributed by atoms with Crippen LogP contribution in [0.3, 0.4) is 0 Å². The van der Waals surface area contributed by atoms with E-state index in [4.69, 9.17) is 22.1 Å². The van der Waals surface area contributed by atoms with Gasteiger partial charge in [-0.05, 0) is 42.8 Å². The fraction of sp³-hybridized carbons (Fsp3) is 0.133. The van der Waals surface area contributed by atoms with Gasteiger partial charge in [-0.1, -0.05) is 11.6 Å². The summed E-state index contributed by atoms with van der Waals surface area (Å²) >= 11 is 5.89. The van der Waals surface area contributed by atoms with E-state index in [-0.39, 0.29) is 5.91 Å². The van der Waals surface area contributed by atoms with Crippen LogP contribution in [0.5, 0.6) is 5.75 Å². The molecule has 5 heteroatoms. The molecular weight excluding hydrogens is 276 g/mol. The molecule has 0 fully saturated rings. The number of nitrogen functional groups attached to an aromatic ring is 1. The Labute approximate surface area is 122 Å². The van der Waals surface area contributed by atoms with Gasteiger partial charge in [0.1, 0.15) is 5.75 Å². The minimum absolute atomic E-state index is 0.257. The number of carbonyl (C=O) groups is 1. The summed E-state index contributed by atoms with van der Waals surface area (Å²) in [6.45, 7) is 1.88. The molecule has 0 aliphatic rings. The Morgan fingerprint density at radius 1 is 1.25 bits per heavy atom. The Morgan fingerprint density at radius 2 is 2.00 bits per heavy atom. The van der Waals surface area contributed by atoms with Crippen LogP contribution in [0.25, 0.3) is 0 Å². The van der Waals surface area contributed by atoms with Crippen LogP contribution in [0.1, 0.15) is 15.9 Å². The van der Waals surface area contributed by atoms with E-state index in [1.807, 2.05) is 6.92 Å². The van der Waals surface area contributed by atoms with Gasteiger partial charge in [-0.3, -0.25) is 4.79 Å². The molecule has 4 nitrogen and oxygen atoms in total. The first kappa shape index (κ1) is 14.2. The second-order valence-corrected chi connectivity index (χ2v) is 4.81. The lowest BCUT2D eigenvalue weighted by Gasteiger charge is -2.11. The van der Waals surface area contributed by atoms with Gasteiger partial charge in [-0.2, -0.15) is 0 Å². The lowest BCUT2D eigenvalue weighted by atomic mass is 10.1. The molecule has 0 aliphatic heterocycles. The van der Waals surface area contributed by atoms with Gasteiger partial charge in [0.2, 0.25) is 0 Å². The van der Waals surface area contributed by atoms with Crippen LogP contribution in [0, 0.1) is 6.92 Å². The Bertz CT molecular complexity index is 656. The normalized spacial score (nSPS) is 10.2. The molecule has 0 saturated carbocycles. The molecule has 20 heavy (non-hydrogen) atoms. The molecular formula is C15H15ClN2O2. The number of nitrogens with two attached hydrogens (primary N) is 1. The zero-order chi connectivity index (χ0) is 14.7. The molecule has 2 aromatic rings. The van der Waals surface area contributed by atoms with E-state index < -0.39 is 0 Å². The highest BCUT2D eigenvalue weighted by molar-refractivity contribution is 6.30. The first-order valence-electron chi connectivity index (χ1n) is 6.02. The predicted molar refractivity (Wildman–Crippen MR) is 81.5 cm³/mol. The van der Waals surface area contributed by atoms with Crippen LogP contribution < -0.4 is 15.8 Å². The summed E-state index contributed by atoms with van der Waals surface area (Å²) in [5, 5.41) is 3.46. The number of carbonyl (C=O) groups excluding carboxylic acids is 1. The molecule has 0 radical (unpaired) electrons. The highest BCUT2D eigenvalue weighted by Gasteiger charge is 2.13. The van der Waals surface area contributed by atoms with Crippen molar-refractivity contribution in [2.75, 3.05) is 18.2 Å². The maximum atomic E-state index is 12.3. The Balaban J connectivity index is 2.28. The second-order valence-electron chi connectivity index (χ2n) is 4.37. The molecule has 0 bridgehead atoms. The number of anilines is 2. The highest BCUT2D eigenvalue weighted by atomic mass is 35.5. The molecule has 0 heterocycles. The topological polar surface area (TPSA) is 64.3 Å². The van der Waals surface area contributed by atoms with Crippen molar-refractivity contribution in [2.45, 2.75) is 6.92 Å². The van der Waals surface area contributed by atoms with Gasteiger partial charge in [-0.25, -0.2) is 0 Å². The Kier molecular flexibility index (Phi) is 4.15. The highest BCUT2D eigenvalue weighted by Crippen LogP contribution is 2.24. The van der Waals surface area contributed by atoms with Crippen molar-refractivity contribution in [1.29, 1.82) is 0 Å². The summed E-state index contributed by atoms with van der Waals surface area (Å²) in [6.07, 6.45) is 0. The molecule has 0 atom stereocenters. The summed E-state index contributed by atoms with van der Waals surface area (Å²) in [5.74, 6) is 0.182. The van der Waals surface area contributed by atoms with E-state index in [0.717, 1.165) is 5.56 Å². The fourth-order valence-corrected chi connectivity index (χ4v) is 2.08. The number of ether oxygens (including phenoxy) is 1. The van der Waals surface area contributed by atoms with Crippen molar-refractivity contribution in [1.82, 2.24) is 0 Å².